The van der Waals surface area contributed by atoms with Crippen LogP contribution in [0.1, 0.15) is 12.1 Å². The van der Waals surface area contributed by atoms with E-state index in [0.29, 0.717) is 0 Å². The number of rotatable bonds is 6. The molecule has 102 valence electrons. The lowest BCUT2D eigenvalue weighted by Gasteiger charge is -2.06. The molecule has 0 unspecified atom stereocenters. The Labute approximate surface area is 118 Å². The predicted octanol–water partition coefficient (Wildman–Crippen LogP) is 2.61. The quantitative estimate of drug-likeness (QED) is 0.697. The molecule has 0 amide bonds. The van der Waals surface area contributed by atoms with Gasteiger partial charge in [-0.1, -0.05) is 18.2 Å². The van der Waals surface area contributed by atoms with E-state index in [9.17, 15) is 0 Å². The molecule has 1 N–H and O–H groups in total. The summed E-state index contributed by atoms with van der Waals surface area (Å²) in [7, 11) is 0. The summed E-state index contributed by atoms with van der Waals surface area (Å²) in [6.07, 6.45) is 4.82. The molecule has 3 rings (SSSR count). The first-order valence-electron chi connectivity index (χ1n) is 6.94. The van der Waals surface area contributed by atoms with Crippen molar-refractivity contribution in [3.63, 3.8) is 0 Å². The maximum atomic E-state index is 4.40. The summed E-state index contributed by atoms with van der Waals surface area (Å²) in [4.78, 5) is 8.69. The Morgan fingerprint density at radius 3 is 2.80 bits per heavy atom. The highest BCUT2D eigenvalue weighted by Gasteiger charge is 2.00. The number of hydrogen-bond donors (Lipinski definition) is 1. The molecule has 0 radical (unpaired) electrons. The Balaban J connectivity index is 1.46. The van der Waals surface area contributed by atoms with Crippen LogP contribution in [0.3, 0.4) is 0 Å². The molecule has 3 aromatic rings. The van der Waals surface area contributed by atoms with Crippen LogP contribution in [0.2, 0.25) is 0 Å². The third-order valence-corrected chi connectivity index (χ3v) is 3.31. The third-order valence-electron chi connectivity index (χ3n) is 3.31. The van der Waals surface area contributed by atoms with Crippen molar-refractivity contribution in [2.75, 3.05) is 6.54 Å². The minimum Gasteiger partial charge on any atom is -0.331 e. The van der Waals surface area contributed by atoms with E-state index in [4.69, 9.17) is 0 Å². The van der Waals surface area contributed by atoms with Crippen molar-refractivity contribution in [1.82, 2.24) is 19.9 Å². The highest BCUT2D eigenvalue weighted by Crippen LogP contribution is 2.11. The van der Waals surface area contributed by atoms with Crippen LogP contribution in [0, 0.1) is 0 Å². The molecule has 0 fully saturated rings. The fourth-order valence-corrected chi connectivity index (χ4v) is 2.28. The fraction of sp³-hybridized carbons (Fsp3) is 0.250. The van der Waals surface area contributed by atoms with E-state index < -0.39 is 0 Å². The molecular weight excluding hydrogens is 248 g/mol. The summed E-state index contributed by atoms with van der Waals surface area (Å²) >= 11 is 0. The SMILES string of the molecule is c1ccc(CNCCCn2cnc3ccccc32)nc1. The zero-order chi connectivity index (χ0) is 13.6. The van der Waals surface area contributed by atoms with Crippen LogP contribution in [-0.4, -0.2) is 21.1 Å². The summed E-state index contributed by atoms with van der Waals surface area (Å²) in [6, 6.07) is 14.2. The van der Waals surface area contributed by atoms with E-state index in [2.05, 4.69) is 32.0 Å². The lowest BCUT2D eigenvalue weighted by molar-refractivity contribution is 0.584. The molecule has 0 bridgehead atoms. The molecule has 2 aromatic heterocycles. The lowest BCUT2D eigenvalue weighted by atomic mass is 10.3. The monoisotopic (exact) mass is 266 g/mol. The summed E-state index contributed by atoms with van der Waals surface area (Å²) in [5, 5.41) is 3.42. The van der Waals surface area contributed by atoms with Crippen LogP contribution in [0.4, 0.5) is 0 Å². The van der Waals surface area contributed by atoms with E-state index >= 15 is 0 Å². The van der Waals surface area contributed by atoms with Crippen molar-refractivity contribution in [3.05, 3.63) is 60.7 Å². The van der Waals surface area contributed by atoms with Gasteiger partial charge in [0.25, 0.3) is 0 Å². The Kier molecular flexibility index (Phi) is 4.04. The van der Waals surface area contributed by atoms with Crippen molar-refractivity contribution in [2.24, 2.45) is 0 Å². The molecule has 0 aliphatic heterocycles. The second-order valence-corrected chi connectivity index (χ2v) is 4.78. The predicted molar refractivity (Wildman–Crippen MR) is 80.3 cm³/mol. The number of nitrogens with one attached hydrogen (secondary N) is 1. The number of aromatic nitrogens is 3. The van der Waals surface area contributed by atoms with Gasteiger partial charge in [-0.15, -0.1) is 0 Å². The number of aryl methyl sites for hydroxylation is 1. The van der Waals surface area contributed by atoms with Crippen molar-refractivity contribution in [3.8, 4) is 0 Å². The van der Waals surface area contributed by atoms with Crippen LogP contribution in [0.5, 0.6) is 0 Å². The van der Waals surface area contributed by atoms with Gasteiger partial charge in [-0.2, -0.15) is 0 Å². The Morgan fingerprint density at radius 2 is 1.90 bits per heavy atom. The van der Waals surface area contributed by atoms with Gasteiger partial charge in [-0.3, -0.25) is 4.98 Å². The highest BCUT2D eigenvalue weighted by atomic mass is 15.0. The van der Waals surface area contributed by atoms with Crippen LogP contribution in [-0.2, 0) is 13.1 Å². The molecule has 20 heavy (non-hydrogen) atoms. The van der Waals surface area contributed by atoms with Crippen LogP contribution in [0.25, 0.3) is 11.0 Å². The highest BCUT2D eigenvalue weighted by molar-refractivity contribution is 5.74. The summed E-state index contributed by atoms with van der Waals surface area (Å²) < 4.78 is 2.21. The Bertz CT molecular complexity index is 660. The number of para-hydroxylation sites is 2. The number of imidazole rings is 1. The topological polar surface area (TPSA) is 42.7 Å². The first-order chi connectivity index (χ1) is 9.93. The van der Waals surface area contributed by atoms with E-state index in [1.54, 1.807) is 0 Å². The van der Waals surface area contributed by atoms with Gasteiger partial charge in [0.05, 0.1) is 23.1 Å². The Morgan fingerprint density at radius 1 is 1.00 bits per heavy atom. The molecule has 1 aromatic carbocycles. The molecule has 0 saturated carbocycles. The van der Waals surface area contributed by atoms with E-state index in [0.717, 1.165) is 37.3 Å². The molecule has 2 heterocycles. The summed E-state index contributed by atoms with van der Waals surface area (Å²) in [6.45, 7) is 2.78. The van der Waals surface area contributed by atoms with Gasteiger partial charge in [-0.05, 0) is 37.2 Å². The number of benzene rings is 1. The molecule has 0 atom stereocenters. The first-order valence-corrected chi connectivity index (χ1v) is 6.94. The average Bonchev–Trinajstić information content (AvgIpc) is 2.91. The van der Waals surface area contributed by atoms with Gasteiger partial charge < -0.3 is 9.88 Å². The number of fused-ring (bicyclic) bond motifs is 1. The zero-order valence-corrected chi connectivity index (χ0v) is 11.4. The minimum atomic E-state index is 0.825. The maximum absolute atomic E-state index is 4.40. The van der Waals surface area contributed by atoms with E-state index in [1.165, 1.54) is 5.52 Å². The van der Waals surface area contributed by atoms with Crippen LogP contribution < -0.4 is 5.32 Å². The van der Waals surface area contributed by atoms with Crippen molar-refractivity contribution in [1.29, 1.82) is 0 Å². The second-order valence-electron chi connectivity index (χ2n) is 4.78. The number of hydrogen-bond acceptors (Lipinski definition) is 3. The van der Waals surface area contributed by atoms with Gasteiger partial charge in [0, 0.05) is 19.3 Å². The molecule has 0 aliphatic rings. The zero-order valence-electron chi connectivity index (χ0n) is 11.4. The summed E-state index contributed by atoms with van der Waals surface area (Å²) in [5.41, 5.74) is 3.35. The fourth-order valence-electron chi connectivity index (χ4n) is 2.28. The van der Waals surface area contributed by atoms with Gasteiger partial charge >= 0.3 is 0 Å². The van der Waals surface area contributed by atoms with Crippen molar-refractivity contribution in [2.45, 2.75) is 19.5 Å². The molecular formula is C16H18N4. The van der Waals surface area contributed by atoms with E-state index in [-0.39, 0.29) is 0 Å². The summed E-state index contributed by atoms with van der Waals surface area (Å²) in [5.74, 6) is 0. The largest absolute Gasteiger partial charge is 0.331 e. The van der Waals surface area contributed by atoms with Crippen LogP contribution in [0.15, 0.2) is 55.0 Å². The molecule has 0 aliphatic carbocycles. The minimum absolute atomic E-state index is 0.825. The molecule has 0 saturated heterocycles. The van der Waals surface area contributed by atoms with Gasteiger partial charge in [0.15, 0.2) is 0 Å². The second kappa shape index (κ2) is 6.30. The van der Waals surface area contributed by atoms with Crippen molar-refractivity contribution >= 4 is 11.0 Å². The molecule has 0 spiro atoms. The number of nitrogens with zero attached hydrogens (tertiary/aromatic N) is 3. The maximum Gasteiger partial charge on any atom is 0.0958 e. The van der Waals surface area contributed by atoms with Gasteiger partial charge in [0.1, 0.15) is 0 Å². The normalized spacial score (nSPS) is 11.0. The third kappa shape index (κ3) is 3.03. The molecule has 4 nitrogen and oxygen atoms in total. The van der Waals surface area contributed by atoms with Gasteiger partial charge in [0.2, 0.25) is 0 Å². The molecule has 4 heteroatoms. The van der Waals surface area contributed by atoms with Crippen LogP contribution >= 0.6 is 0 Å². The standard InChI is InChI=1S/C16H18N4/c1-2-8-16-15(7-1)19-13-20(16)11-5-9-17-12-14-6-3-4-10-18-14/h1-4,6-8,10,13,17H,5,9,11-12H2. The lowest BCUT2D eigenvalue weighted by Crippen LogP contribution is -2.17. The first kappa shape index (κ1) is 12.8. The van der Waals surface area contributed by atoms with E-state index in [1.807, 2.05) is 42.9 Å². The smallest absolute Gasteiger partial charge is 0.0958 e. The Hall–Kier alpha value is -2.20. The van der Waals surface area contributed by atoms with Crippen molar-refractivity contribution < 1.29 is 0 Å². The number of pyridine rings is 1. The average molecular weight is 266 g/mol. The van der Waals surface area contributed by atoms with Gasteiger partial charge in [-0.25, -0.2) is 4.98 Å².